The third kappa shape index (κ3) is 5.16. The molecule has 1 atom stereocenters. The van der Waals surface area contributed by atoms with Crippen molar-refractivity contribution in [1.29, 1.82) is 0 Å². The zero-order chi connectivity index (χ0) is 22.5. The van der Waals surface area contributed by atoms with Gasteiger partial charge in [0.15, 0.2) is 5.82 Å². The molecular formula is C23H30N6O3. The molecule has 1 aliphatic carbocycles. The Labute approximate surface area is 187 Å². The van der Waals surface area contributed by atoms with E-state index >= 15 is 0 Å². The number of nitrogens with one attached hydrogen (secondary N) is 2. The number of ether oxygens (including phenoxy) is 1. The zero-order valence-corrected chi connectivity index (χ0v) is 18.5. The van der Waals surface area contributed by atoms with E-state index in [0.29, 0.717) is 18.4 Å². The molecule has 0 aliphatic heterocycles. The normalized spacial score (nSPS) is 19.5. The number of carbonyl (C=O) groups excluding carboxylic acids is 1. The number of anilines is 1. The van der Waals surface area contributed by atoms with Crippen LogP contribution in [-0.2, 0) is 4.79 Å². The summed E-state index contributed by atoms with van der Waals surface area (Å²) in [6.45, 7) is 4.02. The predicted molar refractivity (Wildman–Crippen MR) is 122 cm³/mol. The highest BCUT2D eigenvalue weighted by Crippen LogP contribution is 2.27. The fraction of sp³-hybridized carbons (Fsp3) is 0.478. The smallest absolute Gasteiger partial charge is 0.224 e. The van der Waals surface area contributed by atoms with Gasteiger partial charge in [-0.15, -0.1) is 0 Å². The standard InChI is InChI=1S/C23H30N6O3/c1-15(13-30)14-32-21-5-3-4-20-19(21)12-25-29(20)22-10-11-24-23(28-22)27-18-8-6-17(7-9-18)26-16(2)31/h3-5,10-12,15,17-18,30H,6-9,13-14H2,1-2H3,(H,26,31)(H,24,27,28)/t15-,17?,18?/m0/s1. The van der Waals surface area contributed by atoms with Crippen LogP contribution in [0.1, 0.15) is 39.5 Å². The van der Waals surface area contributed by atoms with Gasteiger partial charge in [0.05, 0.1) is 23.7 Å². The highest BCUT2D eigenvalue weighted by molar-refractivity contribution is 5.86. The van der Waals surface area contributed by atoms with Crippen LogP contribution in [0.15, 0.2) is 36.7 Å². The van der Waals surface area contributed by atoms with E-state index in [2.05, 4.69) is 25.7 Å². The molecule has 32 heavy (non-hydrogen) atoms. The lowest BCUT2D eigenvalue weighted by atomic mass is 9.91. The van der Waals surface area contributed by atoms with E-state index in [1.807, 2.05) is 31.2 Å². The summed E-state index contributed by atoms with van der Waals surface area (Å²) >= 11 is 0. The summed E-state index contributed by atoms with van der Waals surface area (Å²) in [5.74, 6) is 2.06. The van der Waals surface area contributed by atoms with Crippen LogP contribution in [0, 0.1) is 5.92 Å². The van der Waals surface area contributed by atoms with Gasteiger partial charge in [-0.2, -0.15) is 10.1 Å². The molecule has 0 spiro atoms. The Kier molecular flexibility index (Phi) is 6.84. The quantitative estimate of drug-likeness (QED) is 0.495. The monoisotopic (exact) mass is 438 g/mol. The number of aliphatic hydroxyl groups is 1. The molecule has 1 aliphatic rings. The molecule has 0 saturated heterocycles. The Morgan fingerprint density at radius 1 is 1.25 bits per heavy atom. The van der Waals surface area contributed by atoms with Crippen molar-refractivity contribution in [2.24, 2.45) is 5.92 Å². The minimum atomic E-state index is 0.0281. The lowest BCUT2D eigenvalue weighted by Gasteiger charge is -2.29. The number of hydrogen-bond acceptors (Lipinski definition) is 7. The molecule has 9 nitrogen and oxygen atoms in total. The molecule has 3 aromatic rings. The van der Waals surface area contributed by atoms with Gasteiger partial charge in [-0.05, 0) is 37.8 Å². The fourth-order valence-corrected chi connectivity index (χ4v) is 4.01. The van der Waals surface area contributed by atoms with E-state index in [-0.39, 0.29) is 30.5 Å². The summed E-state index contributed by atoms with van der Waals surface area (Å²) in [5, 5.41) is 21.1. The average Bonchev–Trinajstić information content (AvgIpc) is 3.23. The topological polar surface area (TPSA) is 114 Å². The molecule has 3 N–H and O–H groups in total. The molecule has 0 radical (unpaired) electrons. The number of aromatic nitrogens is 4. The van der Waals surface area contributed by atoms with E-state index in [1.165, 1.54) is 0 Å². The number of hydrogen-bond donors (Lipinski definition) is 3. The van der Waals surface area contributed by atoms with Gasteiger partial charge in [0.2, 0.25) is 11.9 Å². The number of rotatable bonds is 8. The Bertz CT molecular complexity index is 1060. The SMILES string of the molecule is CC(=O)NC1CCC(Nc2nccc(-n3ncc4c(OC[C@@H](C)CO)cccc43)n2)CC1. The van der Waals surface area contributed by atoms with Gasteiger partial charge >= 0.3 is 0 Å². The van der Waals surface area contributed by atoms with Crippen LogP contribution in [-0.4, -0.2) is 56.1 Å². The highest BCUT2D eigenvalue weighted by atomic mass is 16.5. The molecule has 1 saturated carbocycles. The second-order valence-corrected chi connectivity index (χ2v) is 8.48. The molecular weight excluding hydrogens is 408 g/mol. The lowest BCUT2D eigenvalue weighted by molar-refractivity contribution is -0.119. The first-order valence-electron chi connectivity index (χ1n) is 11.1. The summed E-state index contributed by atoms with van der Waals surface area (Å²) < 4.78 is 7.67. The minimum absolute atomic E-state index is 0.0281. The molecule has 1 amide bonds. The Balaban J connectivity index is 1.47. The Morgan fingerprint density at radius 2 is 2.03 bits per heavy atom. The van der Waals surface area contributed by atoms with E-state index < -0.39 is 0 Å². The third-order valence-electron chi connectivity index (χ3n) is 5.73. The van der Waals surface area contributed by atoms with E-state index in [9.17, 15) is 9.90 Å². The maximum absolute atomic E-state index is 11.3. The van der Waals surface area contributed by atoms with Gasteiger partial charge in [0.1, 0.15) is 5.75 Å². The molecule has 1 fully saturated rings. The largest absolute Gasteiger partial charge is 0.492 e. The first-order chi connectivity index (χ1) is 15.5. The number of carbonyl (C=O) groups is 1. The second-order valence-electron chi connectivity index (χ2n) is 8.48. The summed E-state index contributed by atoms with van der Waals surface area (Å²) in [6, 6.07) is 8.16. The van der Waals surface area contributed by atoms with Gasteiger partial charge in [0, 0.05) is 43.8 Å². The summed E-state index contributed by atoms with van der Waals surface area (Å²) in [5.41, 5.74) is 0.889. The number of benzene rings is 1. The first kappa shape index (κ1) is 22.0. The molecule has 9 heteroatoms. The summed E-state index contributed by atoms with van der Waals surface area (Å²) in [7, 11) is 0. The van der Waals surface area contributed by atoms with Crippen LogP contribution >= 0.6 is 0 Å². The van der Waals surface area contributed by atoms with Gasteiger partial charge in [0.25, 0.3) is 0 Å². The van der Waals surface area contributed by atoms with Gasteiger partial charge in [-0.3, -0.25) is 4.79 Å². The van der Waals surface area contributed by atoms with E-state index in [4.69, 9.17) is 4.74 Å². The number of nitrogens with zero attached hydrogens (tertiary/aromatic N) is 4. The van der Waals surface area contributed by atoms with Crippen molar-refractivity contribution in [3.8, 4) is 11.6 Å². The van der Waals surface area contributed by atoms with E-state index in [1.54, 1.807) is 24.0 Å². The lowest BCUT2D eigenvalue weighted by Crippen LogP contribution is -2.39. The highest BCUT2D eigenvalue weighted by Gasteiger charge is 2.22. The van der Waals surface area contributed by atoms with Gasteiger partial charge in [-0.1, -0.05) is 13.0 Å². The van der Waals surface area contributed by atoms with Crippen LogP contribution in [0.2, 0.25) is 0 Å². The third-order valence-corrected chi connectivity index (χ3v) is 5.73. The van der Waals surface area contributed by atoms with E-state index in [0.717, 1.165) is 42.3 Å². The first-order valence-corrected chi connectivity index (χ1v) is 11.1. The Morgan fingerprint density at radius 3 is 2.78 bits per heavy atom. The molecule has 4 rings (SSSR count). The maximum atomic E-state index is 11.3. The van der Waals surface area contributed by atoms with Crippen molar-refractivity contribution in [2.45, 2.75) is 51.6 Å². The zero-order valence-electron chi connectivity index (χ0n) is 18.5. The predicted octanol–water partition coefficient (Wildman–Crippen LogP) is 2.68. The number of amides is 1. The van der Waals surface area contributed by atoms with Gasteiger partial charge < -0.3 is 20.5 Å². The van der Waals surface area contributed by atoms with Crippen LogP contribution in [0.4, 0.5) is 5.95 Å². The van der Waals surface area contributed by atoms with Crippen LogP contribution in [0.5, 0.6) is 5.75 Å². The minimum Gasteiger partial charge on any atom is -0.492 e. The van der Waals surface area contributed by atoms with Crippen molar-refractivity contribution in [2.75, 3.05) is 18.5 Å². The van der Waals surface area contributed by atoms with Crippen molar-refractivity contribution in [3.63, 3.8) is 0 Å². The van der Waals surface area contributed by atoms with Crippen molar-refractivity contribution in [3.05, 3.63) is 36.7 Å². The average molecular weight is 439 g/mol. The van der Waals surface area contributed by atoms with Crippen LogP contribution in [0.3, 0.4) is 0 Å². The van der Waals surface area contributed by atoms with Crippen LogP contribution < -0.4 is 15.4 Å². The van der Waals surface area contributed by atoms with Crippen molar-refractivity contribution in [1.82, 2.24) is 25.1 Å². The molecule has 0 bridgehead atoms. The molecule has 170 valence electrons. The number of fused-ring (bicyclic) bond motifs is 1. The number of aliphatic hydroxyl groups excluding tert-OH is 1. The molecule has 0 unspecified atom stereocenters. The summed E-state index contributed by atoms with van der Waals surface area (Å²) in [6.07, 6.45) is 7.29. The molecule has 2 aromatic heterocycles. The van der Waals surface area contributed by atoms with Gasteiger partial charge in [-0.25, -0.2) is 9.67 Å². The van der Waals surface area contributed by atoms with Crippen molar-refractivity contribution >= 4 is 22.8 Å². The van der Waals surface area contributed by atoms with Crippen molar-refractivity contribution < 1.29 is 14.6 Å². The maximum Gasteiger partial charge on any atom is 0.224 e. The second kappa shape index (κ2) is 9.95. The summed E-state index contributed by atoms with van der Waals surface area (Å²) in [4.78, 5) is 20.3. The Hall–Kier alpha value is -3.20. The molecule has 1 aromatic carbocycles. The fourth-order valence-electron chi connectivity index (χ4n) is 4.01. The van der Waals surface area contributed by atoms with Crippen LogP contribution in [0.25, 0.3) is 16.7 Å². The molecule has 2 heterocycles.